The van der Waals surface area contributed by atoms with Crippen molar-refractivity contribution in [2.24, 2.45) is 0 Å². The molecule has 0 aromatic carbocycles. The fraction of sp³-hybridized carbons (Fsp3) is 0.750. The first kappa shape index (κ1) is 15.7. The van der Waals surface area contributed by atoms with Crippen LogP contribution in [0.4, 0.5) is 0 Å². The van der Waals surface area contributed by atoms with Crippen LogP contribution in [0, 0.1) is 0 Å². The van der Waals surface area contributed by atoms with Gasteiger partial charge in [-0.05, 0) is 0 Å². The Hall–Kier alpha value is 0.118. The van der Waals surface area contributed by atoms with Gasteiger partial charge in [-0.2, -0.15) is 6.54 Å². The number of ether oxygens (including phenoxy) is 1. The molecule has 0 fully saturated rings. The van der Waals surface area contributed by atoms with Crippen LogP contribution in [0.5, 0.6) is 0 Å². The van der Waals surface area contributed by atoms with E-state index in [-0.39, 0.29) is 21.1 Å². The quantitative estimate of drug-likeness (QED) is 0.668. The number of methoxy groups -OCH3 is 1. The Morgan fingerprint density at radius 1 is 1.75 bits per heavy atom. The molecule has 1 N–H and O–H groups in total. The minimum absolute atomic E-state index is 0. The summed E-state index contributed by atoms with van der Waals surface area (Å²) in [5.41, 5.74) is 6.21. The van der Waals surface area contributed by atoms with Gasteiger partial charge >= 0.3 is 21.1 Å². The smallest absolute Gasteiger partial charge is 0.678 e. The molecule has 0 unspecified atom stereocenters. The summed E-state index contributed by atoms with van der Waals surface area (Å²) in [6.07, 6.45) is 0. The second kappa shape index (κ2) is 27.4. The molecular weight excluding hydrogens is 278 g/mol. The van der Waals surface area contributed by atoms with Gasteiger partial charge in [-0.15, -0.1) is 0 Å². The van der Waals surface area contributed by atoms with Crippen LogP contribution in [0.3, 0.4) is 0 Å². The molecule has 0 saturated carbocycles. The summed E-state index contributed by atoms with van der Waals surface area (Å²) in [6.45, 7) is 3.47. The van der Waals surface area contributed by atoms with E-state index in [1.807, 2.05) is 0 Å². The molecule has 0 radical (unpaired) electrons. The zero-order chi connectivity index (χ0) is 6.12. The zero-order valence-electron chi connectivity index (χ0n) is 4.93. The predicted molar refractivity (Wildman–Crippen MR) is 27.6 cm³/mol. The molecule has 0 atom stereocenters. The molecule has 0 spiro atoms. The summed E-state index contributed by atoms with van der Waals surface area (Å²) < 4.78 is 3.74. The second-order valence-corrected chi connectivity index (χ2v) is 0.641. The Kier molecular flexibility index (Phi) is 53.8. The van der Waals surface area contributed by atoms with Gasteiger partial charge in [0, 0.05) is 7.11 Å². The number of hydrogen-bond donors (Lipinski definition) is 0. The average Bonchev–Trinajstić information content (AvgIpc) is 1.69. The maximum atomic E-state index is 8.83. The van der Waals surface area contributed by atoms with Crippen molar-refractivity contribution in [2.45, 2.75) is 6.92 Å². The van der Waals surface area contributed by atoms with E-state index in [2.05, 4.69) is 4.74 Å². The van der Waals surface area contributed by atoms with Gasteiger partial charge in [-0.3, -0.25) is 0 Å². The van der Waals surface area contributed by atoms with Gasteiger partial charge in [0.1, 0.15) is 0 Å². The summed E-state index contributed by atoms with van der Waals surface area (Å²) in [6, 6.07) is 0. The molecule has 4 heteroatoms. The van der Waals surface area contributed by atoms with Crippen LogP contribution in [-0.4, -0.2) is 20.1 Å². The van der Waals surface area contributed by atoms with Gasteiger partial charge in [-0.25, -0.2) is 0 Å². The van der Waals surface area contributed by atoms with Crippen LogP contribution in [0.2, 0.25) is 0 Å². The van der Waals surface area contributed by atoms with E-state index in [0.717, 1.165) is 0 Å². The van der Waals surface area contributed by atoms with E-state index in [1.54, 1.807) is 6.92 Å². The third-order valence-electron chi connectivity index (χ3n) is 0.0833. The van der Waals surface area contributed by atoms with Crippen molar-refractivity contribution in [3.05, 3.63) is 5.73 Å². The number of hydrogen-bond acceptors (Lipinski definition) is 2. The molecule has 0 aliphatic heterocycles. The monoisotopic (exact) mass is 287 g/mol. The summed E-state index contributed by atoms with van der Waals surface area (Å²) in [5, 5.41) is 0. The summed E-state index contributed by atoms with van der Waals surface area (Å²) in [5.74, 6) is 0. The van der Waals surface area contributed by atoms with Crippen LogP contribution >= 0.6 is 0 Å². The first-order valence-electron chi connectivity index (χ1n) is 1.88. The molecule has 0 aliphatic carbocycles. The minimum Gasteiger partial charge on any atom is -0.678 e. The van der Waals surface area contributed by atoms with E-state index in [1.165, 1.54) is 13.6 Å². The molecule has 0 aromatic rings. The SMILES string of the molecule is CC[NH-].CO[C-]=O.[W+2]. The van der Waals surface area contributed by atoms with Crippen molar-refractivity contribution in [3.63, 3.8) is 0 Å². The largest absolute Gasteiger partial charge is 2.00 e. The third kappa shape index (κ3) is 128. The predicted octanol–water partition coefficient (Wildman–Crippen LogP) is 0.756. The fourth-order valence-corrected chi connectivity index (χ4v) is 0. The van der Waals surface area contributed by atoms with Gasteiger partial charge < -0.3 is 15.3 Å². The van der Waals surface area contributed by atoms with Crippen LogP contribution in [0.15, 0.2) is 0 Å². The Balaban J connectivity index is -0.0000000575. The maximum Gasteiger partial charge on any atom is 2.00 e. The topological polar surface area (TPSA) is 50.1 Å². The van der Waals surface area contributed by atoms with Gasteiger partial charge in [0.05, 0.1) is 0 Å². The Labute approximate surface area is 63.8 Å². The van der Waals surface area contributed by atoms with Crippen molar-refractivity contribution >= 4 is 6.47 Å². The average molecular weight is 287 g/mol. The van der Waals surface area contributed by atoms with E-state index >= 15 is 0 Å². The Bertz CT molecular complexity index is 35.2. The molecule has 0 aromatic heterocycles. The van der Waals surface area contributed by atoms with Gasteiger partial charge in [0.25, 0.3) is 0 Å². The molecule has 3 nitrogen and oxygen atoms in total. The summed E-state index contributed by atoms with van der Waals surface area (Å²) in [4.78, 5) is 8.83. The van der Waals surface area contributed by atoms with Crippen LogP contribution in [0.25, 0.3) is 5.73 Å². The normalized spacial score (nSPS) is 4.88. The molecule has 48 valence electrons. The molecule has 8 heavy (non-hydrogen) atoms. The Morgan fingerprint density at radius 2 is 1.88 bits per heavy atom. The van der Waals surface area contributed by atoms with Crippen molar-refractivity contribution in [1.82, 2.24) is 0 Å². The number of carbonyl (C=O) groups excluding carboxylic acids is 1. The second-order valence-electron chi connectivity index (χ2n) is 0.641. The fourth-order valence-electron chi connectivity index (χ4n) is 0. The van der Waals surface area contributed by atoms with E-state index < -0.39 is 0 Å². The summed E-state index contributed by atoms with van der Waals surface area (Å²) >= 11 is 0. The third-order valence-corrected chi connectivity index (χ3v) is 0.0833. The Morgan fingerprint density at radius 3 is 1.88 bits per heavy atom. The van der Waals surface area contributed by atoms with Gasteiger partial charge in [0.15, 0.2) is 0 Å². The van der Waals surface area contributed by atoms with E-state index in [4.69, 9.17) is 10.5 Å². The van der Waals surface area contributed by atoms with Crippen molar-refractivity contribution in [1.29, 1.82) is 0 Å². The number of nitrogens with one attached hydrogen (secondary N) is 1. The summed E-state index contributed by atoms with van der Waals surface area (Å²) in [7, 11) is 1.26. The van der Waals surface area contributed by atoms with Crippen LogP contribution < -0.4 is 0 Å². The van der Waals surface area contributed by atoms with Crippen molar-refractivity contribution < 1.29 is 30.6 Å². The van der Waals surface area contributed by atoms with Crippen LogP contribution in [-0.2, 0) is 30.6 Å². The van der Waals surface area contributed by atoms with Crippen LogP contribution in [0.1, 0.15) is 6.92 Å². The molecule has 0 amide bonds. The standard InChI is InChI=1S/C2H6N.C2H3O2.W/c1-2-3;1-4-2-3;/h3H,2H2,1H3;1H3;/q2*-1;+2. The minimum atomic E-state index is 0. The van der Waals surface area contributed by atoms with Gasteiger partial charge in [0.2, 0.25) is 0 Å². The number of rotatable bonds is 1. The molecule has 0 heterocycles. The van der Waals surface area contributed by atoms with E-state index in [9.17, 15) is 0 Å². The first-order chi connectivity index (χ1) is 3.33. The maximum absolute atomic E-state index is 8.83. The van der Waals surface area contributed by atoms with Crippen molar-refractivity contribution in [3.8, 4) is 0 Å². The molecule has 0 bridgehead atoms. The molecule has 0 saturated heterocycles. The molecular formula is C4H9NO2W. The van der Waals surface area contributed by atoms with Crippen molar-refractivity contribution in [2.75, 3.05) is 13.7 Å². The molecule has 0 rings (SSSR count). The first-order valence-corrected chi connectivity index (χ1v) is 1.88. The molecule has 0 aliphatic rings. The van der Waals surface area contributed by atoms with Gasteiger partial charge in [-0.1, -0.05) is 13.4 Å². The zero-order valence-corrected chi connectivity index (χ0v) is 7.87. The van der Waals surface area contributed by atoms with E-state index in [0.29, 0.717) is 6.54 Å².